The van der Waals surface area contributed by atoms with Gasteiger partial charge < -0.3 is 5.32 Å². The van der Waals surface area contributed by atoms with Crippen molar-refractivity contribution in [3.63, 3.8) is 0 Å². The van der Waals surface area contributed by atoms with Crippen LogP contribution in [-0.2, 0) is 6.42 Å². The van der Waals surface area contributed by atoms with Gasteiger partial charge in [-0.1, -0.05) is 31.2 Å². The molecule has 23 heavy (non-hydrogen) atoms. The van der Waals surface area contributed by atoms with Gasteiger partial charge in [-0.3, -0.25) is 4.79 Å². The first-order valence-corrected chi connectivity index (χ1v) is 7.55. The summed E-state index contributed by atoms with van der Waals surface area (Å²) in [5.74, 6) is 0.319. The molecule has 0 aliphatic rings. The highest BCUT2D eigenvalue weighted by Gasteiger charge is 2.11. The molecular weight excluding hydrogens is 288 g/mol. The topological polar surface area (TPSA) is 59.8 Å². The van der Waals surface area contributed by atoms with E-state index in [1.54, 1.807) is 23.1 Å². The van der Waals surface area contributed by atoms with Crippen LogP contribution in [0.3, 0.4) is 0 Å². The van der Waals surface area contributed by atoms with Gasteiger partial charge in [0.25, 0.3) is 5.91 Å². The SMILES string of the molecule is CCc1ccccc1-n1cc(C(=O)Nc2cccc(C)n2)cn1. The Morgan fingerprint density at radius 2 is 2.00 bits per heavy atom. The molecule has 3 rings (SSSR count). The second-order valence-electron chi connectivity index (χ2n) is 5.27. The monoisotopic (exact) mass is 306 g/mol. The Morgan fingerprint density at radius 3 is 2.78 bits per heavy atom. The van der Waals surface area contributed by atoms with E-state index in [9.17, 15) is 4.79 Å². The van der Waals surface area contributed by atoms with E-state index in [-0.39, 0.29) is 5.91 Å². The zero-order valence-corrected chi connectivity index (χ0v) is 13.2. The van der Waals surface area contributed by atoms with Gasteiger partial charge in [0.2, 0.25) is 0 Å². The molecule has 0 atom stereocenters. The number of rotatable bonds is 4. The summed E-state index contributed by atoms with van der Waals surface area (Å²) in [6.07, 6.45) is 4.21. The summed E-state index contributed by atoms with van der Waals surface area (Å²) in [6, 6.07) is 13.5. The lowest BCUT2D eigenvalue weighted by molar-refractivity contribution is 0.102. The highest BCUT2D eigenvalue weighted by atomic mass is 16.1. The number of aryl methyl sites for hydroxylation is 2. The van der Waals surface area contributed by atoms with Gasteiger partial charge in [0.05, 0.1) is 17.4 Å². The second kappa shape index (κ2) is 6.44. The van der Waals surface area contributed by atoms with Gasteiger partial charge in [0.1, 0.15) is 5.82 Å². The molecule has 0 saturated carbocycles. The molecular formula is C18H18N4O. The largest absolute Gasteiger partial charge is 0.306 e. The van der Waals surface area contributed by atoms with Crippen LogP contribution in [0.15, 0.2) is 54.9 Å². The first kappa shape index (κ1) is 15.0. The van der Waals surface area contributed by atoms with E-state index in [0.29, 0.717) is 11.4 Å². The molecule has 0 radical (unpaired) electrons. The second-order valence-corrected chi connectivity index (χ2v) is 5.27. The standard InChI is InChI=1S/C18H18N4O/c1-3-14-8-4-5-9-16(14)22-12-15(11-19-22)18(23)21-17-10-6-7-13(2)20-17/h4-12H,3H2,1-2H3,(H,20,21,23). The number of pyridine rings is 1. The minimum atomic E-state index is -0.219. The summed E-state index contributed by atoms with van der Waals surface area (Å²) in [4.78, 5) is 16.6. The van der Waals surface area contributed by atoms with Crippen molar-refractivity contribution in [2.45, 2.75) is 20.3 Å². The number of hydrogen-bond donors (Lipinski definition) is 1. The summed E-state index contributed by atoms with van der Waals surface area (Å²) >= 11 is 0. The molecule has 5 heteroatoms. The zero-order chi connectivity index (χ0) is 16.2. The van der Waals surface area contributed by atoms with Crippen molar-refractivity contribution in [2.24, 2.45) is 0 Å². The molecule has 0 bridgehead atoms. The Labute approximate surface area is 135 Å². The smallest absolute Gasteiger partial charge is 0.260 e. The lowest BCUT2D eigenvalue weighted by Crippen LogP contribution is -2.12. The Balaban J connectivity index is 1.83. The van der Waals surface area contributed by atoms with Crippen molar-refractivity contribution in [2.75, 3.05) is 5.32 Å². The van der Waals surface area contributed by atoms with Crippen LogP contribution >= 0.6 is 0 Å². The van der Waals surface area contributed by atoms with Crippen LogP contribution in [0.5, 0.6) is 0 Å². The molecule has 0 aliphatic carbocycles. The molecule has 0 spiro atoms. The fourth-order valence-corrected chi connectivity index (χ4v) is 2.41. The zero-order valence-electron chi connectivity index (χ0n) is 13.2. The molecule has 0 aliphatic heterocycles. The Kier molecular flexibility index (Phi) is 4.19. The molecule has 116 valence electrons. The number of benzene rings is 1. The maximum absolute atomic E-state index is 12.3. The summed E-state index contributed by atoms with van der Waals surface area (Å²) in [6.45, 7) is 3.98. The molecule has 3 aromatic rings. The maximum Gasteiger partial charge on any atom is 0.260 e. The van der Waals surface area contributed by atoms with E-state index in [0.717, 1.165) is 17.8 Å². The summed E-state index contributed by atoms with van der Waals surface area (Å²) < 4.78 is 1.73. The van der Waals surface area contributed by atoms with Gasteiger partial charge in [0.15, 0.2) is 0 Å². The van der Waals surface area contributed by atoms with Crippen LogP contribution < -0.4 is 5.32 Å². The predicted octanol–water partition coefficient (Wildman–Crippen LogP) is 3.39. The maximum atomic E-state index is 12.3. The summed E-state index contributed by atoms with van der Waals surface area (Å²) in [7, 11) is 0. The Bertz CT molecular complexity index is 838. The summed E-state index contributed by atoms with van der Waals surface area (Å²) in [5, 5.41) is 7.10. The third-order valence-electron chi connectivity index (χ3n) is 3.59. The minimum absolute atomic E-state index is 0.219. The first-order valence-electron chi connectivity index (χ1n) is 7.55. The number of carbonyl (C=O) groups excluding carboxylic acids is 1. The molecule has 2 aromatic heterocycles. The lowest BCUT2D eigenvalue weighted by atomic mass is 10.1. The fraction of sp³-hybridized carbons (Fsp3) is 0.167. The van der Waals surface area contributed by atoms with Crippen molar-refractivity contribution < 1.29 is 4.79 Å². The molecule has 1 aromatic carbocycles. The third kappa shape index (κ3) is 3.29. The average molecular weight is 306 g/mol. The van der Waals surface area contributed by atoms with E-state index in [2.05, 4.69) is 28.4 Å². The molecule has 0 fully saturated rings. The van der Waals surface area contributed by atoms with Crippen molar-refractivity contribution >= 4 is 11.7 Å². The highest BCUT2D eigenvalue weighted by Crippen LogP contribution is 2.15. The van der Waals surface area contributed by atoms with Gasteiger partial charge in [0, 0.05) is 11.9 Å². The number of nitrogens with zero attached hydrogens (tertiary/aromatic N) is 3. The van der Waals surface area contributed by atoms with Crippen molar-refractivity contribution in [3.8, 4) is 5.69 Å². The van der Waals surface area contributed by atoms with Gasteiger partial charge in [-0.2, -0.15) is 5.10 Å². The van der Waals surface area contributed by atoms with E-state index in [1.165, 1.54) is 5.56 Å². The quantitative estimate of drug-likeness (QED) is 0.803. The third-order valence-corrected chi connectivity index (χ3v) is 3.59. The Morgan fingerprint density at radius 1 is 1.17 bits per heavy atom. The van der Waals surface area contributed by atoms with E-state index in [4.69, 9.17) is 0 Å². The number of aromatic nitrogens is 3. The van der Waals surface area contributed by atoms with Crippen LogP contribution in [0.1, 0.15) is 28.5 Å². The van der Waals surface area contributed by atoms with Gasteiger partial charge in [-0.05, 0) is 37.1 Å². The number of carbonyl (C=O) groups is 1. The lowest BCUT2D eigenvalue weighted by Gasteiger charge is -2.07. The van der Waals surface area contributed by atoms with Crippen LogP contribution in [0, 0.1) is 6.92 Å². The number of amides is 1. The highest BCUT2D eigenvalue weighted by molar-refractivity contribution is 6.03. The molecule has 0 unspecified atom stereocenters. The van der Waals surface area contributed by atoms with Crippen LogP contribution in [0.25, 0.3) is 5.69 Å². The van der Waals surface area contributed by atoms with Crippen LogP contribution in [0.4, 0.5) is 5.82 Å². The molecule has 1 N–H and O–H groups in total. The van der Waals surface area contributed by atoms with Gasteiger partial charge in [-0.25, -0.2) is 9.67 Å². The average Bonchev–Trinajstić information content (AvgIpc) is 3.05. The minimum Gasteiger partial charge on any atom is -0.306 e. The number of nitrogens with one attached hydrogen (secondary N) is 1. The molecule has 0 saturated heterocycles. The number of anilines is 1. The molecule has 5 nitrogen and oxygen atoms in total. The first-order chi connectivity index (χ1) is 11.2. The Hall–Kier alpha value is -2.95. The predicted molar refractivity (Wildman–Crippen MR) is 89.9 cm³/mol. The van der Waals surface area contributed by atoms with Crippen LogP contribution in [0.2, 0.25) is 0 Å². The van der Waals surface area contributed by atoms with Crippen molar-refractivity contribution in [3.05, 3.63) is 71.7 Å². The number of para-hydroxylation sites is 1. The van der Waals surface area contributed by atoms with Crippen molar-refractivity contribution in [1.82, 2.24) is 14.8 Å². The molecule has 2 heterocycles. The van der Waals surface area contributed by atoms with Crippen molar-refractivity contribution in [1.29, 1.82) is 0 Å². The van der Waals surface area contributed by atoms with E-state index >= 15 is 0 Å². The fourth-order valence-electron chi connectivity index (χ4n) is 2.41. The molecule has 1 amide bonds. The van der Waals surface area contributed by atoms with E-state index < -0.39 is 0 Å². The van der Waals surface area contributed by atoms with Gasteiger partial charge >= 0.3 is 0 Å². The van der Waals surface area contributed by atoms with Gasteiger partial charge in [-0.15, -0.1) is 0 Å². The normalized spacial score (nSPS) is 10.5. The van der Waals surface area contributed by atoms with Crippen LogP contribution in [-0.4, -0.2) is 20.7 Å². The summed E-state index contributed by atoms with van der Waals surface area (Å²) in [5.41, 5.74) is 3.53. The van der Waals surface area contributed by atoms with E-state index in [1.807, 2.05) is 37.3 Å². The number of hydrogen-bond acceptors (Lipinski definition) is 3.